The molecule has 0 bridgehead atoms. The molecule has 0 saturated carbocycles. The second kappa shape index (κ2) is 6.41. The van der Waals surface area contributed by atoms with E-state index >= 15 is 0 Å². The van der Waals surface area contributed by atoms with Gasteiger partial charge in [0.1, 0.15) is 18.4 Å². The van der Waals surface area contributed by atoms with Gasteiger partial charge in [0, 0.05) is 11.4 Å². The Hall–Kier alpha value is -2.78. The smallest absolute Gasteiger partial charge is 0.250 e. The molecule has 20 heavy (non-hydrogen) atoms. The number of hydrogen-bond donors (Lipinski definition) is 3. The zero-order chi connectivity index (χ0) is 14.4. The van der Waals surface area contributed by atoms with Crippen LogP contribution in [0, 0.1) is 11.3 Å². The first-order chi connectivity index (χ1) is 9.71. The van der Waals surface area contributed by atoms with Crippen LogP contribution in [0.3, 0.4) is 0 Å². The third kappa shape index (κ3) is 3.60. The topological polar surface area (TPSA) is 98.3 Å². The number of furan rings is 1. The van der Waals surface area contributed by atoms with Crippen LogP contribution in [0.4, 0.5) is 11.4 Å². The van der Waals surface area contributed by atoms with Gasteiger partial charge in [-0.3, -0.25) is 4.79 Å². The van der Waals surface area contributed by atoms with E-state index < -0.39 is 12.5 Å². The largest absolute Gasteiger partial charge is 0.449 e. The predicted octanol–water partition coefficient (Wildman–Crippen LogP) is 1.69. The molecule has 1 aromatic heterocycles. The Balaban J connectivity index is 1.97. The Bertz CT molecular complexity index is 643. The average Bonchev–Trinajstić information content (AvgIpc) is 2.93. The van der Waals surface area contributed by atoms with Crippen molar-refractivity contribution < 1.29 is 14.3 Å². The number of aliphatic hydroxyl groups excluding tert-OH is 1. The Labute approximate surface area is 115 Å². The van der Waals surface area contributed by atoms with Crippen LogP contribution in [-0.4, -0.2) is 17.6 Å². The fourth-order valence-electron chi connectivity index (χ4n) is 1.63. The number of aliphatic hydroxyl groups is 1. The zero-order valence-electron chi connectivity index (χ0n) is 10.6. The van der Waals surface area contributed by atoms with Gasteiger partial charge in [0.25, 0.3) is 0 Å². The van der Waals surface area contributed by atoms with Crippen molar-refractivity contribution in [2.75, 3.05) is 17.2 Å². The number of carbonyl (C=O) groups is 1. The van der Waals surface area contributed by atoms with E-state index in [2.05, 4.69) is 10.6 Å². The summed E-state index contributed by atoms with van der Waals surface area (Å²) in [4.78, 5) is 11.1. The number of nitrogens with one attached hydrogen (secondary N) is 2. The molecule has 6 heteroatoms. The van der Waals surface area contributed by atoms with Gasteiger partial charge in [-0.2, -0.15) is 5.26 Å². The molecule has 0 aliphatic heterocycles. The van der Waals surface area contributed by atoms with Crippen molar-refractivity contribution in [2.45, 2.75) is 6.54 Å². The highest BCUT2D eigenvalue weighted by atomic mass is 16.3. The highest BCUT2D eigenvalue weighted by molar-refractivity contribution is 5.91. The van der Waals surface area contributed by atoms with Crippen molar-refractivity contribution in [2.24, 2.45) is 0 Å². The van der Waals surface area contributed by atoms with E-state index in [1.165, 1.54) is 0 Å². The quantitative estimate of drug-likeness (QED) is 0.768. The number of rotatable bonds is 5. The van der Waals surface area contributed by atoms with E-state index in [-0.39, 0.29) is 5.76 Å². The second-order valence-corrected chi connectivity index (χ2v) is 4.02. The Morgan fingerprint density at radius 1 is 1.30 bits per heavy atom. The van der Waals surface area contributed by atoms with Crippen LogP contribution >= 0.6 is 0 Å². The lowest BCUT2D eigenvalue weighted by Crippen LogP contribution is -2.15. The lowest BCUT2D eigenvalue weighted by atomic mass is 10.2. The van der Waals surface area contributed by atoms with Crippen LogP contribution < -0.4 is 10.6 Å². The minimum Gasteiger partial charge on any atom is -0.449 e. The third-order valence-corrected chi connectivity index (χ3v) is 2.53. The minimum absolute atomic E-state index is 0.269. The van der Waals surface area contributed by atoms with Crippen molar-refractivity contribution in [1.29, 1.82) is 5.26 Å². The van der Waals surface area contributed by atoms with E-state index in [9.17, 15) is 4.79 Å². The first-order valence-electron chi connectivity index (χ1n) is 5.94. The lowest BCUT2D eigenvalue weighted by molar-refractivity contribution is -0.118. The molecular formula is C14H13N3O3. The number of benzene rings is 1. The minimum atomic E-state index is -0.555. The van der Waals surface area contributed by atoms with Gasteiger partial charge in [-0.25, -0.2) is 0 Å². The normalized spacial score (nSPS) is 9.80. The number of nitriles is 1. The van der Waals surface area contributed by atoms with E-state index in [1.54, 1.807) is 30.3 Å². The van der Waals surface area contributed by atoms with Crippen molar-refractivity contribution in [1.82, 2.24) is 0 Å². The van der Waals surface area contributed by atoms with Crippen LogP contribution in [0.2, 0.25) is 0 Å². The Kier molecular flexibility index (Phi) is 4.37. The molecule has 0 aliphatic carbocycles. The third-order valence-electron chi connectivity index (χ3n) is 2.53. The average molecular weight is 271 g/mol. The summed E-state index contributed by atoms with van der Waals surface area (Å²) >= 11 is 0. The van der Waals surface area contributed by atoms with E-state index in [0.29, 0.717) is 18.0 Å². The van der Waals surface area contributed by atoms with E-state index in [0.717, 1.165) is 5.69 Å². The SMILES string of the molecule is N#Cc1ccc(CNc2cccc(NC(=O)CO)c2)o1. The van der Waals surface area contributed by atoms with Crippen LogP contribution in [0.1, 0.15) is 11.5 Å². The molecule has 0 atom stereocenters. The molecule has 1 amide bonds. The standard InChI is InChI=1S/C14H13N3O3/c15-7-12-4-5-13(20-12)8-16-10-2-1-3-11(6-10)17-14(19)9-18/h1-6,16,18H,8-9H2,(H,17,19). The van der Waals surface area contributed by atoms with Gasteiger partial charge < -0.3 is 20.2 Å². The molecule has 0 saturated heterocycles. The second-order valence-electron chi connectivity index (χ2n) is 4.02. The number of amides is 1. The number of carbonyl (C=O) groups excluding carboxylic acids is 1. The van der Waals surface area contributed by atoms with Crippen molar-refractivity contribution in [3.63, 3.8) is 0 Å². The van der Waals surface area contributed by atoms with Gasteiger partial charge in [-0.05, 0) is 30.3 Å². The summed E-state index contributed by atoms with van der Waals surface area (Å²) in [5, 5.41) is 23.0. The van der Waals surface area contributed by atoms with E-state index in [4.69, 9.17) is 14.8 Å². The summed E-state index contributed by atoms with van der Waals surface area (Å²) in [6.07, 6.45) is 0. The first-order valence-corrected chi connectivity index (χ1v) is 5.94. The number of hydrogen-bond acceptors (Lipinski definition) is 5. The summed E-state index contributed by atoms with van der Waals surface area (Å²) in [6, 6.07) is 12.3. The van der Waals surface area contributed by atoms with Crippen LogP contribution in [0.25, 0.3) is 0 Å². The van der Waals surface area contributed by atoms with Gasteiger partial charge in [0.2, 0.25) is 11.7 Å². The van der Waals surface area contributed by atoms with Gasteiger partial charge in [-0.1, -0.05) is 6.07 Å². The fourth-order valence-corrected chi connectivity index (χ4v) is 1.63. The monoisotopic (exact) mass is 271 g/mol. The van der Waals surface area contributed by atoms with Crippen LogP contribution in [-0.2, 0) is 11.3 Å². The van der Waals surface area contributed by atoms with Gasteiger partial charge in [0.15, 0.2) is 0 Å². The highest BCUT2D eigenvalue weighted by Crippen LogP contribution is 2.16. The van der Waals surface area contributed by atoms with Gasteiger partial charge >= 0.3 is 0 Å². The van der Waals surface area contributed by atoms with Crippen molar-refractivity contribution >= 4 is 17.3 Å². The first kappa shape index (κ1) is 13.6. The summed E-state index contributed by atoms with van der Waals surface area (Å²) in [7, 11) is 0. The maximum Gasteiger partial charge on any atom is 0.250 e. The number of nitrogens with zero attached hydrogens (tertiary/aromatic N) is 1. The number of anilines is 2. The highest BCUT2D eigenvalue weighted by Gasteiger charge is 2.03. The Morgan fingerprint density at radius 3 is 2.80 bits per heavy atom. The zero-order valence-corrected chi connectivity index (χ0v) is 10.6. The van der Waals surface area contributed by atoms with Crippen LogP contribution in [0.15, 0.2) is 40.8 Å². The Morgan fingerprint density at radius 2 is 2.10 bits per heavy atom. The lowest BCUT2D eigenvalue weighted by Gasteiger charge is -2.07. The van der Waals surface area contributed by atoms with Crippen molar-refractivity contribution in [3.8, 4) is 6.07 Å². The van der Waals surface area contributed by atoms with Crippen LogP contribution in [0.5, 0.6) is 0 Å². The molecule has 2 aromatic rings. The molecule has 2 rings (SSSR count). The molecule has 1 heterocycles. The van der Waals surface area contributed by atoms with Gasteiger partial charge in [-0.15, -0.1) is 0 Å². The summed E-state index contributed by atoms with van der Waals surface area (Å²) in [5.41, 5.74) is 1.38. The predicted molar refractivity (Wildman–Crippen MR) is 72.9 cm³/mol. The maximum absolute atomic E-state index is 11.1. The molecule has 0 fully saturated rings. The molecule has 0 spiro atoms. The van der Waals surface area contributed by atoms with E-state index in [1.807, 2.05) is 12.1 Å². The summed E-state index contributed by atoms with van der Waals surface area (Å²) < 4.78 is 5.24. The molecule has 6 nitrogen and oxygen atoms in total. The molecule has 3 N–H and O–H groups in total. The van der Waals surface area contributed by atoms with Crippen molar-refractivity contribution in [3.05, 3.63) is 47.9 Å². The summed E-state index contributed by atoms with van der Waals surface area (Å²) in [5.74, 6) is 0.448. The molecule has 0 radical (unpaired) electrons. The maximum atomic E-state index is 11.1. The van der Waals surface area contributed by atoms with Gasteiger partial charge in [0.05, 0.1) is 6.54 Å². The molecular weight excluding hydrogens is 258 g/mol. The molecule has 102 valence electrons. The molecule has 0 aliphatic rings. The molecule has 0 unspecified atom stereocenters. The fraction of sp³-hybridized carbons (Fsp3) is 0.143. The molecule has 1 aromatic carbocycles. The summed E-state index contributed by atoms with van der Waals surface area (Å²) in [6.45, 7) is -0.125.